The van der Waals surface area contributed by atoms with E-state index in [-0.39, 0.29) is 11.3 Å². The van der Waals surface area contributed by atoms with Crippen molar-refractivity contribution in [1.29, 1.82) is 0 Å². The van der Waals surface area contributed by atoms with E-state index in [1.165, 1.54) is 17.4 Å². The van der Waals surface area contributed by atoms with Gasteiger partial charge in [0.15, 0.2) is 5.78 Å². The van der Waals surface area contributed by atoms with E-state index in [1.54, 1.807) is 37.5 Å². The number of ketones is 1. The Morgan fingerprint density at radius 3 is 2.76 bits per heavy atom. The Hall–Kier alpha value is -2.63. The van der Waals surface area contributed by atoms with Crippen LogP contribution in [-0.4, -0.2) is 17.9 Å². The van der Waals surface area contributed by atoms with Crippen LogP contribution in [0.1, 0.15) is 15.9 Å². The zero-order chi connectivity index (χ0) is 17.8. The summed E-state index contributed by atoms with van der Waals surface area (Å²) in [7, 11) is 1.59. The number of carbonyl (C=O) groups is 1. The number of benzene rings is 2. The maximum Gasteiger partial charge on any atom is 0.266 e. The molecule has 0 fully saturated rings. The normalized spacial score (nSPS) is 12.4. The van der Waals surface area contributed by atoms with Gasteiger partial charge in [0.2, 0.25) is 0 Å². The van der Waals surface area contributed by atoms with Crippen LogP contribution in [0.2, 0.25) is 5.02 Å². The zero-order valence-corrected chi connectivity index (χ0v) is 14.9. The van der Waals surface area contributed by atoms with Crippen molar-refractivity contribution in [3.05, 3.63) is 84.2 Å². The van der Waals surface area contributed by atoms with Gasteiger partial charge in [0.25, 0.3) is 5.56 Å². The monoisotopic (exact) mass is 371 g/mol. The first kappa shape index (κ1) is 17.2. The summed E-state index contributed by atoms with van der Waals surface area (Å²) in [6.45, 7) is 0. The zero-order valence-electron chi connectivity index (χ0n) is 13.3. The van der Waals surface area contributed by atoms with Crippen molar-refractivity contribution in [3.8, 4) is 5.75 Å². The first-order valence-corrected chi connectivity index (χ1v) is 8.62. The molecule has 6 heteroatoms. The molecule has 1 aromatic heterocycles. The van der Waals surface area contributed by atoms with Gasteiger partial charge in [0, 0.05) is 11.6 Å². The molecular weight excluding hydrogens is 358 g/mol. The highest BCUT2D eigenvalue weighted by Gasteiger charge is 2.07. The number of ether oxygens (including phenoxy) is 1. The Morgan fingerprint density at radius 2 is 2.00 bits per heavy atom. The van der Waals surface area contributed by atoms with Crippen molar-refractivity contribution in [2.45, 2.75) is 0 Å². The van der Waals surface area contributed by atoms with Crippen molar-refractivity contribution in [1.82, 2.24) is 4.98 Å². The van der Waals surface area contributed by atoms with Crippen molar-refractivity contribution in [3.63, 3.8) is 0 Å². The standard InChI is InChI=1S/C19H14ClNO3S/c1-24-13-6-4-5-12(9-13)10-17-19(23)21-18(25-17)11-16(22)14-7-2-3-8-15(14)20/h2-11H,1H3,(H,21,23)/b17-10-,18-11-. The van der Waals surface area contributed by atoms with Gasteiger partial charge in [-0.15, -0.1) is 11.3 Å². The van der Waals surface area contributed by atoms with E-state index in [0.717, 1.165) is 5.56 Å². The minimum Gasteiger partial charge on any atom is -0.497 e. The average Bonchev–Trinajstić information content (AvgIpc) is 2.94. The van der Waals surface area contributed by atoms with Crippen LogP contribution in [0.5, 0.6) is 5.75 Å². The largest absolute Gasteiger partial charge is 0.497 e. The number of hydrogen-bond acceptors (Lipinski definition) is 4. The third kappa shape index (κ3) is 4.07. The SMILES string of the molecule is COc1cccc(/C=c2\s/c(=C\C(=O)c3ccccc3Cl)[nH]c2=O)c1. The topological polar surface area (TPSA) is 59.2 Å². The molecule has 0 amide bonds. The van der Waals surface area contributed by atoms with Crippen LogP contribution in [0, 0.1) is 0 Å². The number of halogens is 1. The molecule has 1 N–H and O–H groups in total. The molecule has 1 heterocycles. The fourth-order valence-electron chi connectivity index (χ4n) is 2.26. The van der Waals surface area contributed by atoms with Gasteiger partial charge in [0.05, 0.1) is 21.3 Å². The summed E-state index contributed by atoms with van der Waals surface area (Å²) in [6, 6.07) is 14.2. The molecular formula is C19H14ClNO3S. The van der Waals surface area contributed by atoms with Crippen LogP contribution < -0.4 is 19.5 Å². The van der Waals surface area contributed by atoms with Crippen LogP contribution in [0.3, 0.4) is 0 Å². The van der Waals surface area contributed by atoms with Crippen LogP contribution in [0.4, 0.5) is 0 Å². The van der Waals surface area contributed by atoms with Crippen molar-refractivity contribution in [2.75, 3.05) is 7.11 Å². The minimum atomic E-state index is -0.254. The number of thiazole rings is 1. The Bertz CT molecular complexity index is 1100. The summed E-state index contributed by atoms with van der Waals surface area (Å²) < 4.78 is 6.16. The van der Waals surface area contributed by atoms with E-state index in [9.17, 15) is 9.59 Å². The fourth-order valence-corrected chi connectivity index (χ4v) is 3.38. The van der Waals surface area contributed by atoms with Gasteiger partial charge < -0.3 is 9.72 Å². The summed E-state index contributed by atoms with van der Waals surface area (Å²) in [6.07, 6.45) is 3.14. The van der Waals surface area contributed by atoms with Gasteiger partial charge in [-0.1, -0.05) is 35.9 Å². The Kier molecular flexibility index (Phi) is 5.16. The van der Waals surface area contributed by atoms with Gasteiger partial charge in [-0.3, -0.25) is 9.59 Å². The van der Waals surface area contributed by atoms with Crippen molar-refractivity contribution < 1.29 is 9.53 Å². The van der Waals surface area contributed by atoms with Crippen LogP contribution >= 0.6 is 22.9 Å². The maximum absolute atomic E-state index is 12.3. The molecule has 0 saturated carbocycles. The van der Waals surface area contributed by atoms with Gasteiger partial charge in [-0.2, -0.15) is 0 Å². The van der Waals surface area contributed by atoms with Gasteiger partial charge >= 0.3 is 0 Å². The van der Waals surface area contributed by atoms with E-state index in [0.29, 0.717) is 25.5 Å². The number of carbonyl (C=O) groups excluding carboxylic acids is 1. The Morgan fingerprint density at radius 1 is 1.20 bits per heavy atom. The predicted molar refractivity (Wildman–Crippen MR) is 101 cm³/mol. The average molecular weight is 372 g/mol. The number of nitrogens with one attached hydrogen (secondary N) is 1. The molecule has 0 saturated heterocycles. The molecule has 0 unspecified atom stereocenters. The van der Waals surface area contributed by atoms with Crippen molar-refractivity contribution >= 4 is 40.9 Å². The molecule has 0 aliphatic heterocycles. The summed E-state index contributed by atoms with van der Waals surface area (Å²) >= 11 is 7.24. The van der Waals surface area contributed by atoms with E-state index < -0.39 is 0 Å². The van der Waals surface area contributed by atoms with E-state index in [2.05, 4.69) is 4.98 Å². The molecule has 3 aromatic rings. The highest BCUT2D eigenvalue weighted by molar-refractivity contribution is 7.07. The number of aromatic nitrogens is 1. The number of Topliss-reactive ketones (excluding diaryl/α,β-unsaturated/α-hetero) is 1. The molecule has 0 spiro atoms. The number of rotatable bonds is 4. The quantitative estimate of drug-likeness (QED) is 0.717. The van der Waals surface area contributed by atoms with E-state index in [4.69, 9.17) is 16.3 Å². The lowest BCUT2D eigenvalue weighted by Crippen LogP contribution is -2.20. The number of aromatic amines is 1. The van der Waals surface area contributed by atoms with Crippen molar-refractivity contribution in [2.24, 2.45) is 0 Å². The second kappa shape index (κ2) is 7.51. The molecule has 3 rings (SSSR count). The second-order valence-corrected chi connectivity index (χ2v) is 6.69. The molecule has 25 heavy (non-hydrogen) atoms. The summed E-state index contributed by atoms with van der Waals surface area (Å²) in [4.78, 5) is 27.1. The maximum atomic E-state index is 12.3. The molecule has 0 bridgehead atoms. The van der Waals surface area contributed by atoms with Gasteiger partial charge in [-0.05, 0) is 35.9 Å². The molecule has 0 aliphatic rings. The highest BCUT2D eigenvalue weighted by Crippen LogP contribution is 2.15. The minimum absolute atomic E-state index is 0.244. The van der Waals surface area contributed by atoms with Crippen LogP contribution in [0.15, 0.2) is 53.3 Å². The number of hydrogen-bond donors (Lipinski definition) is 1. The lowest BCUT2D eigenvalue weighted by atomic mass is 10.1. The van der Waals surface area contributed by atoms with Gasteiger partial charge in [0.1, 0.15) is 5.75 Å². The molecule has 0 atom stereocenters. The van der Waals surface area contributed by atoms with Gasteiger partial charge in [-0.25, -0.2) is 0 Å². The smallest absolute Gasteiger partial charge is 0.266 e. The van der Waals surface area contributed by atoms with E-state index in [1.807, 2.05) is 24.3 Å². The molecule has 0 radical (unpaired) electrons. The summed E-state index contributed by atoms with van der Waals surface area (Å²) in [5, 5.41) is 0.380. The lowest BCUT2D eigenvalue weighted by molar-refractivity contribution is 0.106. The molecule has 126 valence electrons. The molecule has 0 aliphatic carbocycles. The Balaban J connectivity index is 2.00. The fraction of sp³-hybridized carbons (Fsp3) is 0.0526. The third-order valence-electron chi connectivity index (χ3n) is 3.47. The Labute approximate surface area is 152 Å². The predicted octanol–water partition coefficient (Wildman–Crippen LogP) is 2.59. The first-order valence-electron chi connectivity index (χ1n) is 7.42. The third-order valence-corrected chi connectivity index (χ3v) is 4.77. The molecule has 4 nitrogen and oxygen atoms in total. The van der Waals surface area contributed by atoms with Crippen LogP contribution in [0.25, 0.3) is 12.2 Å². The highest BCUT2D eigenvalue weighted by atomic mass is 35.5. The van der Waals surface area contributed by atoms with Crippen LogP contribution in [-0.2, 0) is 0 Å². The molecule has 2 aromatic carbocycles. The first-order chi connectivity index (χ1) is 12.1. The summed E-state index contributed by atoms with van der Waals surface area (Å²) in [5.41, 5.74) is 0.999. The lowest BCUT2D eigenvalue weighted by Gasteiger charge is -1.99. The second-order valence-electron chi connectivity index (χ2n) is 5.19. The number of methoxy groups -OCH3 is 1. The van der Waals surface area contributed by atoms with E-state index >= 15 is 0 Å². The number of H-pyrrole nitrogens is 1. The summed E-state index contributed by atoms with van der Waals surface area (Å²) in [5.74, 6) is 0.457.